The van der Waals surface area contributed by atoms with Gasteiger partial charge in [-0.3, -0.25) is 9.59 Å². The number of benzene rings is 1. The highest BCUT2D eigenvalue weighted by molar-refractivity contribution is 6.33. The third-order valence-electron chi connectivity index (χ3n) is 6.12. The highest BCUT2D eigenvalue weighted by Crippen LogP contribution is 2.50. The average molecular weight is 430 g/mol. The van der Waals surface area contributed by atoms with Crippen molar-refractivity contribution in [1.82, 2.24) is 5.32 Å². The number of nitrogens with one attached hydrogen (secondary N) is 1. The van der Waals surface area contributed by atoms with Crippen LogP contribution in [0.1, 0.15) is 40.0 Å². The molecule has 1 heterocycles. The number of anilines is 1. The third-order valence-corrected chi connectivity index (χ3v) is 6.44. The molecule has 8 heteroatoms. The lowest BCUT2D eigenvalue weighted by molar-refractivity contribution is -0.171. The van der Waals surface area contributed by atoms with Gasteiger partial charge in [-0.25, -0.2) is 0 Å². The second kappa shape index (κ2) is 8.57. The molecular formula is C20H29Cl2N3O3. The number of para-hydroxylation sites is 1. The zero-order valence-corrected chi connectivity index (χ0v) is 18.1. The van der Waals surface area contributed by atoms with Gasteiger partial charge >= 0.3 is 0 Å². The van der Waals surface area contributed by atoms with Gasteiger partial charge in [0, 0.05) is 25.0 Å². The molecular weight excluding hydrogens is 401 g/mol. The fourth-order valence-corrected chi connectivity index (χ4v) is 4.26. The Kier molecular flexibility index (Phi) is 7.03. The summed E-state index contributed by atoms with van der Waals surface area (Å²) in [4.78, 5) is 27.6. The summed E-state index contributed by atoms with van der Waals surface area (Å²) in [7, 11) is 0. The minimum atomic E-state index is -1.04. The van der Waals surface area contributed by atoms with E-state index in [0.29, 0.717) is 36.7 Å². The predicted octanol–water partition coefficient (Wildman–Crippen LogP) is 2.91. The van der Waals surface area contributed by atoms with Gasteiger partial charge in [0.25, 0.3) is 0 Å². The Hall–Kier alpha value is -1.34. The Bertz CT molecular complexity index is 743. The van der Waals surface area contributed by atoms with Crippen molar-refractivity contribution < 1.29 is 14.3 Å². The first-order valence-corrected chi connectivity index (χ1v) is 9.87. The molecule has 1 aromatic rings. The number of rotatable bonds is 5. The molecule has 156 valence electrons. The smallest absolute Gasteiger partial charge is 0.249 e. The number of carbonyl (C=O) groups is 2. The summed E-state index contributed by atoms with van der Waals surface area (Å²) in [6, 6.07) is 6.65. The fourth-order valence-electron chi connectivity index (χ4n) is 4.03. The second-order valence-electron chi connectivity index (χ2n) is 7.95. The Labute approximate surface area is 177 Å². The average Bonchev–Trinajstić information content (AvgIpc) is 2.63. The van der Waals surface area contributed by atoms with Gasteiger partial charge in [-0.1, -0.05) is 37.6 Å². The molecule has 2 aliphatic rings. The molecule has 3 N–H and O–H groups in total. The molecule has 3 rings (SSSR count). The van der Waals surface area contributed by atoms with Crippen LogP contribution in [-0.2, 0) is 14.3 Å². The Morgan fingerprint density at radius 2 is 2.07 bits per heavy atom. The van der Waals surface area contributed by atoms with E-state index in [9.17, 15) is 9.59 Å². The molecule has 6 nitrogen and oxygen atoms in total. The van der Waals surface area contributed by atoms with Crippen LogP contribution in [0.25, 0.3) is 0 Å². The summed E-state index contributed by atoms with van der Waals surface area (Å²) >= 11 is 6.25. The van der Waals surface area contributed by atoms with Crippen LogP contribution >= 0.6 is 24.0 Å². The lowest BCUT2D eigenvalue weighted by Crippen LogP contribution is -2.76. The number of halogens is 2. The van der Waals surface area contributed by atoms with Crippen LogP contribution in [0.3, 0.4) is 0 Å². The maximum Gasteiger partial charge on any atom is 0.249 e. The lowest BCUT2D eigenvalue weighted by atomic mass is 9.54. The summed E-state index contributed by atoms with van der Waals surface area (Å²) in [6.45, 7) is 6.97. The molecule has 1 saturated heterocycles. The van der Waals surface area contributed by atoms with E-state index in [2.05, 4.69) is 5.32 Å². The second-order valence-corrected chi connectivity index (χ2v) is 8.36. The molecule has 0 aromatic heterocycles. The normalized spacial score (nSPS) is 28.9. The zero-order chi connectivity index (χ0) is 19.8. The zero-order valence-electron chi connectivity index (χ0n) is 16.5. The maximum absolute atomic E-state index is 13.0. The molecule has 0 radical (unpaired) electrons. The van der Waals surface area contributed by atoms with Gasteiger partial charge in [-0.05, 0) is 31.9 Å². The van der Waals surface area contributed by atoms with E-state index in [0.717, 1.165) is 6.42 Å². The topological polar surface area (TPSA) is 84.7 Å². The van der Waals surface area contributed by atoms with Gasteiger partial charge < -0.3 is 20.7 Å². The fraction of sp³-hybridized carbons (Fsp3) is 0.600. The number of nitrogens with two attached hydrogens (primary N) is 1. The molecule has 3 unspecified atom stereocenters. The number of carbonyl (C=O) groups excluding carboxylic acids is 2. The predicted molar refractivity (Wildman–Crippen MR) is 113 cm³/mol. The minimum absolute atomic E-state index is 0. The number of nitrogens with zero attached hydrogens (tertiary/aromatic N) is 1. The monoisotopic (exact) mass is 429 g/mol. The van der Waals surface area contributed by atoms with E-state index in [1.165, 1.54) is 0 Å². The molecule has 0 spiro atoms. The molecule has 2 fully saturated rings. The maximum atomic E-state index is 13.0. The SMILES string of the molecule is CCOC1CC(N)(C(=O)NC2CCCN(c3ccccc3Cl)C2=O)C1(C)C.Cl. The van der Waals surface area contributed by atoms with Crippen molar-refractivity contribution in [3.63, 3.8) is 0 Å². The van der Waals surface area contributed by atoms with Crippen molar-refractivity contribution in [3.8, 4) is 0 Å². The Balaban J connectivity index is 0.00000280. The van der Waals surface area contributed by atoms with Crippen molar-refractivity contribution in [2.75, 3.05) is 18.1 Å². The van der Waals surface area contributed by atoms with Crippen LogP contribution in [-0.4, -0.2) is 42.7 Å². The van der Waals surface area contributed by atoms with Crippen molar-refractivity contribution in [2.45, 2.75) is 57.7 Å². The molecule has 3 atom stereocenters. The first-order chi connectivity index (χ1) is 12.7. The van der Waals surface area contributed by atoms with E-state index < -0.39 is 17.0 Å². The molecule has 1 aliphatic heterocycles. The van der Waals surface area contributed by atoms with Crippen molar-refractivity contribution >= 4 is 41.5 Å². The van der Waals surface area contributed by atoms with Gasteiger partial charge in [0.2, 0.25) is 11.8 Å². The molecule has 1 aliphatic carbocycles. The number of amides is 2. The van der Waals surface area contributed by atoms with Gasteiger partial charge in [0.15, 0.2) is 0 Å². The molecule has 2 amide bonds. The molecule has 1 aromatic carbocycles. The lowest BCUT2D eigenvalue weighted by Gasteiger charge is -2.57. The largest absolute Gasteiger partial charge is 0.378 e. The van der Waals surface area contributed by atoms with Crippen molar-refractivity contribution in [2.24, 2.45) is 11.1 Å². The third kappa shape index (κ3) is 3.75. The summed E-state index contributed by atoms with van der Waals surface area (Å²) in [5.74, 6) is -0.437. The van der Waals surface area contributed by atoms with E-state index >= 15 is 0 Å². The van der Waals surface area contributed by atoms with E-state index in [-0.39, 0.29) is 30.3 Å². The van der Waals surface area contributed by atoms with Crippen LogP contribution < -0.4 is 16.0 Å². The van der Waals surface area contributed by atoms with Crippen molar-refractivity contribution in [1.29, 1.82) is 0 Å². The van der Waals surface area contributed by atoms with Gasteiger partial charge in [0.05, 0.1) is 16.8 Å². The van der Waals surface area contributed by atoms with Gasteiger partial charge in [0.1, 0.15) is 11.6 Å². The number of hydrogen-bond donors (Lipinski definition) is 2. The highest BCUT2D eigenvalue weighted by Gasteiger charge is 2.63. The summed E-state index contributed by atoms with van der Waals surface area (Å²) in [5, 5.41) is 3.42. The van der Waals surface area contributed by atoms with Gasteiger partial charge in [-0.2, -0.15) is 0 Å². The molecule has 28 heavy (non-hydrogen) atoms. The first kappa shape index (κ1) is 22.9. The Morgan fingerprint density at radius 3 is 2.68 bits per heavy atom. The highest BCUT2D eigenvalue weighted by atomic mass is 35.5. The number of ether oxygens (including phenoxy) is 1. The Morgan fingerprint density at radius 1 is 1.39 bits per heavy atom. The van der Waals surface area contributed by atoms with E-state index in [1.807, 2.05) is 39.0 Å². The quantitative estimate of drug-likeness (QED) is 0.753. The number of hydrogen-bond acceptors (Lipinski definition) is 4. The van der Waals surface area contributed by atoms with E-state index in [4.69, 9.17) is 22.1 Å². The van der Waals surface area contributed by atoms with Crippen LogP contribution in [0.5, 0.6) is 0 Å². The molecule has 1 saturated carbocycles. The summed E-state index contributed by atoms with van der Waals surface area (Å²) in [6.07, 6.45) is 1.77. The van der Waals surface area contributed by atoms with E-state index in [1.54, 1.807) is 11.0 Å². The first-order valence-electron chi connectivity index (χ1n) is 9.49. The summed E-state index contributed by atoms with van der Waals surface area (Å²) in [5.41, 5.74) is 5.58. The van der Waals surface area contributed by atoms with Crippen LogP contribution in [0, 0.1) is 5.41 Å². The van der Waals surface area contributed by atoms with Crippen molar-refractivity contribution in [3.05, 3.63) is 29.3 Å². The van der Waals surface area contributed by atoms with Crippen LogP contribution in [0.15, 0.2) is 24.3 Å². The standard InChI is InChI=1S/C20H28ClN3O3.ClH/c1-4-27-16-12-20(22,19(16,2)3)18(26)23-14-9-7-11-24(17(14)25)15-10-6-5-8-13(15)21;/h5-6,8,10,14,16H,4,7,9,11-12,22H2,1-3H3,(H,23,26);1H. The number of piperidine rings is 1. The van der Waals surface area contributed by atoms with Gasteiger partial charge in [-0.15, -0.1) is 12.4 Å². The van der Waals surface area contributed by atoms with Crippen LogP contribution in [0.4, 0.5) is 5.69 Å². The van der Waals surface area contributed by atoms with Crippen LogP contribution in [0.2, 0.25) is 5.02 Å². The summed E-state index contributed by atoms with van der Waals surface area (Å²) < 4.78 is 5.69. The molecule has 0 bridgehead atoms. The minimum Gasteiger partial charge on any atom is -0.378 e.